The number of esters is 1. The first-order chi connectivity index (χ1) is 20.3. The molecule has 4 N–H and O–H groups in total. The van der Waals surface area contributed by atoms with Gasteiger partial charge in [-0.1, -0.05) is 57.1 Å². The van der Waals surface area contributed by atoms with Crippen LogP contribution in [0.3, 0.4) is 0 Å². The largest absolute Gasteiger partial charge is 0.466 e. The number of primary amides is 1. The summed E-state index contributed by atoms with van der Waals surface area (Å²) in [5.74, 6) is 0.0129. The van der Waals surface area contributed by atoms with Crippen molar-refractivity contribution in [2.24, 2.45) is 5.73 Å². The Kier molecular flexibility index (Phi) is 16.5. The summed E-state index contributed by atoms with van der Waals surface area (Å²) >= 11 is 0. The number of hydrogen-bond acceptors (Lipinski definition) is 7. The predicted octanol–water partition coefficient (Wildman–Crippen LogP) is 3.74. The van der Waals surface area contributed by atoms with Gasteiger partial charge in [0, 0.05) is 18.7 Å². The highest BCUT2D eigenvalue weighted by atomic mass is 16.6. The van der Waals surface area contributed by atoms with E-state index in [1.54, 1.807) is 52.0 Å². The van der Waals surface area contributed by atoms with E-state index in [-0.39, 0.29) is 26.1 Å². The average molecular weight is 601 g/mol. The minimum Gasteiger partial charge on any atom is -0.466 e. The van der Waals surface area contributed by atoms with Crippen LogP contribution in [-0.4, -0.2) is 66.0 Å². The van der Waals surface area contributed by atoms with Crippen LogP contribution in [0.4, 0.5) is 4.79 Å². The van der Waals surface area contributed by atoms with Crippen LogP contribution in [0, 0.1) is 12.3 Å². The molecule has 0 saturated carbocycles. The number of amides is 4. The molecule has 238 valence electrons. The summed E-state index contributed by atoms with van der Waals surface area (Å²) in [5, 5.41) is 5.19. The topological polar surface area (TPSA) is 157 Å². The SMILES string of the molecule is C#Cc1ccc(C(C(=O)NCCC(=O)OCC)N(CCCCCCCC)C(=O)C(CC(N)=O)NC(=O)OC(C)(C)C)cc1. The van der Waals surface area contributed by atoms with Gasteiger partial charge in [0.25, 0.3) is 0 Å². The van der Waals surface area contributed by atoms with E-state index in [0.29, 0.717) is 17.5 Å². The molecule has 1 rings (SSSR count). The van der Waals surface area contributed by atoms with E-state index in [2.05, 4.69) is 23.5 Å². The molecule has 2 unspecified atom stereocenters. The van der Waals surface area contributed by atoms with Crippen molar-refractivity contribution in [3.8, 4) is 12.3 Å². The van der Waals surface area contributed by atoms with Crippen molar-refractivity contribution in [2.45, 2.75) is 104 Å². The standard InChI is InChI=1S/C32H48N4O7/c1-7-10-11-12-13-14-21-36(30(40)25(22-26(33)37)35-31(41)43-32(4,5)6)28(24-17-15-23(8-2)16-18-24)29(39)34-20-19-27(38)42-9-3/h2,15-18,25,28H,7,9-14,19-22H2,1,3-6H3,(H2,33,37)(H,34,39)(H,35,41). The number of ether oxygens (including phenoxy) is 2. The van der Waals surface area contributed by atoms with Gasteiger partial charge in [-0.3, -0.25) is 19.2 Å². The third-order valence-electron chi connectivity index (χ3n) is 6.32. The minimum atomic E-state index is -1.38. The number of nitrogens with one attached hydrogen (secondary N) is 2. The van der Waals surface area contributed by atoms with Crippen LogP contribution in [-0.2, 0) is 28.7 Å². The van der Waals surface area contributed by atoms with Gasteiger partial charge in [0.2, 0.25) is 17.7 Å². The number of terminal acetylenes is 1. The molecule has 1 aromatic rings. The monoisotopic (exact) mass is 600 g/mol. The lowest BCUT2D eigenvalue weighted by Gasteiger charge is -2.34. The number of unbranched alkanes of at least 4 members (excludes halogenated alkanes) is 5. The molecule has 0 radical (unpaired) electrons. The van der Waals surface area contributed by atoms with Gasteiger partial charge in [0.1, 0.15) is 17.7 Å². The minimum absolute atomic E-state index is 0.0173. The molecule has 0 spiro atoms. The van der Waals surface area contributed by atoms with Crippen LogP contribution >= 0.6 is 0 Å². The summed E-state index contributed by atoms with van der Waals surface area (Å²) < 4.78 is 10.3. The van der Waals surface area contributed by atoms with E-state index in [0.717, 1.165) is 32.1 Å². The van der Waals surface area contributed by atoms with Crippen LogP contribution in [0.1, 0.15) is 103 Å². The van der Waals surface area contributed by atoms with Crippen molar-refractivity contribution in [1.82, 2.24) is 15.5 Å². The summed E-state index contributed by atoms with van der Waals surface area (Å²) in [5.41, 5.74) is 5.64. The average Bonchev–Trinajstić information content (AvgIpc) is 2.92. The summed E-state index contributed by atoms with van der Waals surface area (Å²) in [4.78, 5) is 65.7. The Morgan fingerprint density at radius 1 is 1.00 bits per heavy atom. The zero-order valence-corrected chi connectivity index (χ0v) is 26.2. The van der Waals surface area contributed by atoms with Crippen molar-refractivity contribution in [1.29, 1.82) is 0 Å². The van der Waals surface area contributed by atoms with Crippen LogP contribution < -0.4 is 16.4 Å². The lowest BCUT2D eigenvalue weighted by Crippen LogP contribution is -2.54. The number of carbonyl (C=O) groups excluding carboxylic acids is 5. The smallest absolute Gasteiger partial charge is 0.408 e. The Bertz CT molecular complexity index is 1110. The van der Waals surface area contributed by atoms with Crippen LogP contribution in [0.15, 0.2) is 24.3 Å². The van der Waals surface area contributed by atoms with Gasteiger partial charge in [-0.05, 0) is 51.8 Å². The van der Waals surface area contributed by atoms with E-state index < -0.39 is 53.9 Å². The second-order valence-electron chi connectivity index (χ2n) is 11.2. The van der Waals surface area contributed by atoms with Crippen molar-refractivity contribution in [3.05, 3.63) is 35.4 Å². The lowest BCUT2D eigenvalue weighted by molar-refractivity contribution is -0.144. The van der Waals surface area contributed by atoms with E-state index in [1.165, 1.54) is 4.90 Å². The van der Waals surface area contributed by atoms with Crippen molar-refractivity contribution < 1.29 is 33.4 Å². The first kappa shape index (κ1) is 37.0. The molecule has 43 heavy (non-hydrogen) atoms. The van der Waals surface area contributed by atoms with Crippen LogP contribution in [0.5, 0.6) is 0 Å². The summed E-state index contributed by atoms with van der Waals surface area (Å²) in [6, 6.07) is 4.07. The number of benzene rings is 1. The maximum absolute atomic E-state index is 14.1. The maximum atomic E-state index is 14.1. The van der Waals surface area contributed by atoms with Crippen molar-refractivity contribution in [3.63, 3.8) is 0 Å². The molecule has 2 atom stereocenters. The van der Waals surface area contributed by atoms with E-state index >= 15 is 0 Å². The van der Waals surface area contributed by atoms with E-state index in [4.69, 9.17) is 21.6 Å². The highest BCUT2D eigenvalue weighted by Crippen LogP contribution is 2.25. The molecule has 0 aromatic heterocycles. The Morgan fingerprint density at radius 3 is 2.19 bits per heavy atom. The third-order valence-corrected chi connectivity index (χ3v) is 6.32. The predicted molar refractivity (Wildman–Crippen MR) is 163 cm³/mol. The van der Waals surface area contributed by atoms with Crippen molar-refractivity contribution >= 4 is 29.8 Å². The molecule has 4 amide bonds. The molecule has 0 heterocycles. The highest BCUT2D eigenvalue weighted by Gasteiger charge is 2.36. The molecule has 0 saturated heterocycles. The van der Waals surface area contributed by atoms with Gasteiger partial charge >= 0.3 is 12.1 Å². The fourth-order valence-electron chi connectivity index (χ4n) is 4.33. The van der Waals surface area contributed by atoms with Gasteiger partial charge in [0.15, 0.2) is 0 Å². The number of alkyl carbamates (subject to hydrolysis) is 1. The number of nitrogens with two attached hydrogens (primary N) is 1. The fourth-order valence-corrected chi connectivity index (χ4v) is 4.33. The molecule has 0 aliphatic carbocycles. The van der Waals surface area contributed by atoms with Gasteiger partial charge in [-0.15, -0.1) is 6.42 Å². The molecule has 11 heteroatoms. The Balaban J connectivity index is 3.47. The quantitative estimate of drug-likeness (QED) is 0.132. The number of rotatable bonds is 18. The molecular weight excluding hydrogens is 552 g/mol. The Labute approximate surface area is 255 Å². The van der Waals surface area contributed by atoms with Crippen LogP contribution in [0.25, 0.3) is 0 Å². The number of hydrogen-bond donors (Lipinski definition) is 3. The summed E-state index contributed by atoms with van der Waals surface area (Å²) in [6.07, 6.45) is 9.60. The molecule has 0 aliphatic heterocycles. The second kappa shape index (κ2) is 19.2. The van der Waals surface area contributed by atoms with E-state index in [1.807, 2.05) is 0 Å². The molecule has 0 bridgehead atoms. The summed E-state index contributed by atoms with van der Waals surface area (Å²) in [7, 11) is 0. The first-order valence-corrected chi connectivity index (χ1v) is 14.9. The number of carbonyl (C=O) groups is 5. The number of nitrogens with zero attached hydrogens (tertiary/aromatic N) is 1. The third kappa shape index (κ3) is 14.6. The molecule has 0 aliphatic rings. The Morgan fingerprint density at radius 2 is 1.63 bits per heavy atom. The zero-order valence-electron chi connectivity index (χ0n) is 26.2. The normalized spacial score (nSPS) is 12.3. The maximum Gasteiger partial charge on any atom is 0.408 e. The zero-order chi connectivity index (χ0) is 32.4. The highest BCUT2D eigenvalue weighted by molar-refractivity contribution is 5.94. The van der Waals surface area contributed by atoms with Gasteiger partial charge in [-0.25, -0.2) is 4.79 Å². The summed E-state index contributed by atoms with van der Waals surface area (Å²) in [6.45, 7) is 9.15. The lowest BCUT2D eigenvalue weighted by atomic mass is 10.00. The van der Waals surface area contributed by atoms with Crippen molar-refractivity contribution in [2.75, 3.05) is 19.7 Å². The molecular formula is C32H48N4O7. The van der Waals surface area contributed by atoms with Gasteiger partial charge in [-0.2, -0.15) is 0 Å². The van der Waals surface area contributed by atoms with Gasteiger partial charge < -0.3 is 30.7 Å². The molecule has 0 fully saturated rings. The van der Waals surface area contributed by atoms with Gasteiger partial charge in [0.05, 0.1) is 19.4 Å². The molecule has 11 nitrogen and oxygen atoms in total. The second-order valence-corrected chi connectivity index (χ2v) is 11.2. The van der Waals surface area contributed by atoms with E-state index in [9.17, 15) is 24.0 Å². The van der Waals surface area contributed by atoms with Crippen LogP contribution in [0.2, 0.25) is 0 Å². The molecule has 1 aromatic carbocycles. The fraction of sp³-hybridized carbons (Fsp3) is 0.594. The Hall–Kier alpha value is -4.07. The first-order valence-electron chi connectivity index (χ1n) is 14.9.